The van der Waals surface area contributed by atoms with Crippen molar-refractivity contribution in [3.8, 4) is 0 Å². The van der Waals surface area contributed by atoms with Crippen LogP contribution >= 0.6 is 0 Å². The Balaban J connectivity index is 1.60. The van der Waals surface area contributed by atoms with Crippen molar-refractivity contribution in [1.82, 2.24) is 10.2 Å². The number of carbonyl (C=O) groups is 2. The van der Waals surface area contributed by atoms with Crippen molar-refractivity contribution in [2.45, 2.75) is 26.7 Å². The molecule has 7 nitrogen and oxygen atoms in total. The smallest absolute Gasteiger partial charge is 0.338 e. The number of anilines is 2. The van der Waals surface area contributed by atoms with Crippen molar-refractivity contribution in [3.05, 3.63) is 47.7 Å². The van der Waals surface area contributed by atoms with Crippen LogP contribution in [0.2, 0.25) is 0 Å². The number of piperidine rings is 1. The summed E-state index contributed by atoms with van der Waals surface area (Å²) in [6.45, 7) is 5.49. The Kier molecular flexibility index (Phi) is 6.01. The first-order valence-electron chi connectivity index (χ1n) is 9.20. The summed E-state index contributed by atoms with van der Waals surface area (Å²) >= 11 is 0. The van der Waals surface area contributed by atoms with Gasteiger partial charge < -0.3 is 15.0 Å². The molecule has 1 atom stereocenters. The zero-order chi connectivity index (χ0) is 19.2. The molecule has 2 heterocycles. The van der Waals surface area contributed by atoms with Gasteiger partial charge >= 0.3 is 5.97 Å². The molecule has 1 aromatic carbocycles. The predicted molar refractivity (Wildman–Crippen MR) is 103 cm³/mol. The molecule has 27 heavy (non-hydrogen) atoms. The molecule has 142 valence electrons. The summed E-state index contributed by atoms with van der Waals surface area (Å²) < 4.78 is 4.96. The van der Waals surface area contributed by atoms with Crippen molar-refractivity contribution in [3.63, 3.8) is 0 Å². The normalized spacial score (nSPS) is 16.7. The van der Waals surface area contributed by atoms with Crippen molar-refractivity contribution in [2.24, 2.45) is 5.92 Å². The number of nitrogens with zero attached hydrogens (tertiary/aromatic N) is 3. The molecular weight excluding hydrogens is 344 g/mol. The summed E-state index contributed by atoms with van der Waals surface area (Å²) in [5.74, 6) is 0.296. The molecule has 0 saturated carbocycles. The number of rotatable bonds is 5. The van der Waals surface area contributed by atoms with Gasteiger partial charge in [-0.3, -0.25) is 4.79 Å². The summed E-state index contributed by atoms with van der Waals surface area (Å²) in [5.41, 5.74) is 2.01. The molecule has 1 aliphatic rings. The first kappa shape index (κ1) is 18.8. The first-order chi connectivity index (χ1) is 13.1. The van der Waals surface area contributed by atoms with E-state index >= 15 is 0 Å². The molecular formula is C20H24N4O3. The van der Waals surface area contributed by atoms with E-state index < -0.39 is 0 Å². The lowest BCUT2D eigenvalue weighted by atomic mass is 9.97. The second kappa shape index (κ2) is 8.62. The van der Waals surface area contributed by atoms with Crippen LogP contribution in [-0.2, 0) is 9.53 Å². The largest absolute Gasteiger partial charge is 0.462 e. The van der Waals surface area contributed by atoms with Gasteiger partial charge in [0.05, 0.1) is 23.8 Å². The SMILES string of the molecule is CCOC(=O)c1ccc(NC(=O)C2CCCN(c3ccc(C)nn3)C2)cc1. The number of esters is 1. The number of nitrogens with one attached hydrogen (secondary N) is 1. The molecule has 1 aliphatic heterocycles. The van der Waals surface area contributed by atoms with Gasteiger partial charge in [-0.25, -0.2) is 4.79 Å². The van der Waals surface area contributed by atoms with E-state index in [0.717, 1.165) is 30.9 Å². The van der Waals surface area contributed by atoms with Crippen LogP contribution in [0.25, 0.3) is 0 Å². The fraction of sp³-hybridized carbons (Fsp3) is 0.400. The lowest BCUT2D eigenvalue weighted by Gasteiger charge is -2.32. The van der Waals surface area contributed by atoms with Crippen LogP contribution in [0.3, 0.4) is 0 Å². The fourth-order valence-electron chi connectivity index (χ4n) is 3.11. The molecule has 1 amide bonds. The van der Waals surface area contributed by atoms with E-state index in [1.54, 1.807) is 31.2 Å². The van der Waals surface area contributed by atoms with Gasteiger partial charge in [0, 0.05) is 18.8 Å². The summed E-state index contributed by atoms with van der Waals surface area (Å²) in [4.78, 5) is 26.4. The molecule has 0 bridgehead atoms. The first-order valence-corrected chi connectivity index (χ1v) is 9.20. The maximum atomic E-state index is 12.7. The van der Waals surface area contributed by atoms with Crippen molar-refractivity contribution in [2.75, 3.05) is 29.9 Å². The molecule has 3 rings (SSSR count). The third-order valence-corrected chi connectivity index (χ3v) is 4.56. The summed E-state index contributed by atoms with van der Waals surface area (Å²) in [7, 11) is 0. The number of amides is 1. The highest BCUT2D eigenvalue weighted by molar-refractivity contribution is 5.94. The zero-order valence-corrected chi connectivity index (χ0v) is 15.6. The Bertz CT molecular complexity index is 790. The third-order valence-electron chi connectivity index (χ3n) is 4.56. The second-order valence-corrected chi connectivity index (χ2v) is 6.61. The Labute approximate surface area is 158 Å². The molecule has 0 aliphatic carbocycles. The summed E-state index contributed by atoms with van der Waals surface area (Å²) in [6, 6.07) is 10.6. The minimum absolute atomic E-state index is 0.0244. The maximum absolute atomic E-state index is 12.7. The van der Waals surface area contributed by atoms with Crippen LogP contribution in [0, 0.1) is 12.8 Å². The van der Waals surface area contributed by atoms with Crippen molar-refractivity contribution in [1.29, 1.82) is 0 Å². The molecule has 0 radical (unpaired) electrons. The van der Waals surface area contributed by atoms with E-state index in [9.17, 15) is 9.59 Å². The van der Waals surface area contributed by atoms with Crippen molar-refractivity contribution >= 4 is 23.4 Å². The highest BCUT2D eigenvalue weighted by atomic mass is 16.5. The van der Waals surface area contributed by atoms with E-state index in [1.165, 1.54) is 0 Å². The molecule has 1 saturated heterocycles. The quantitative estimate of drug-likeness (QED) is 0.817. The summed E-state index contributed by atoms with van der Waals surface area (Å²) in [6.07, 6.45) is 1.76. The number of benzene rings is 1. The number of ether oxygens (including phenoxy) is 1. The van der Waals surface area contributed by atoms with Crippen molar-refractivity contribution < 1.29 is 14.3 Å². The van der Waals surface area contributed by atoms with Crippen LogP contribution in [-0.4, -0.2) is 41.8 Å². The lowest BCUT2D eigenvalue weighted by molar-refractivity contribution is -0.120. The number of carbonyl (C=O) groups excluding carboxylic acids is 2. The van der Waals surface area contributed by atoms with Gasteiger partial charge in [0.2, 0.25) is 5.91 Å². The lowest BCUT2D eigenvalue weighted by Crippen LogP contribution is -2.41. The maximum Gasteiger partial charge on any atom is 0.338 e. The van der Waals surface area contributed by atoms with E-state index in [0.29, 0.717) is 24.4 Å². The summed E-state index contributed by atoms with van der Waals surface area (Å²) in [5, 5.41) is 11.3. The average molecular weight is 368 g/mol. The molecule has 1 N–H and O–H groups in total. The highest BCUT2D eigenvalue weighted by Gasteiger charge is 2.26. The van der Waals surface area contributed by atoms with E-state index in [2.05, 4.69) is 20.4 Å². The second-order valence-electron chi connectivity index (χ2n) is 6.61. The minimum atomic E-state index is -0.363. The van der Waals surface area contributed by atoms with Gasteiger partial charge in [0.1, 0.15) is 0 Å². The monoisotopic (exact) mass is 368 g/mol. The third kappa shape index (κ3) is 4.81. The molecule has 1 fully saturated rings. The van der Waals surface area contributed by atoms with Crippen LogP contribution in [0.4, 0.5) is 11.5 Å². The van der Waals surface area contributed by atoms with Gasteiger partial charge in [0.25, 0.3) is 0 Å². The zero-order valence-electron chi connectivity index (χ0n) is 15.6. The van der Waals surface area contributed by atoms with Crippen LogP contribution in [0.1, 0.15) is 35.8 Å². The molecule has 1 aromatic heterocycles. The standard InChI is InChI=1S/C20H24N4O3/c1-3-27-20(26)15-7-9-17(10-8-15)21-19(25)16-5-4-12-24(13-16)18-11-6-14(2)22-23-18/h6-11,16H,3-5,12-13H2,1-2H3,(H,21,25). The molecule has 0 spiro atoms. The Hall–Kier alpha value is -2.96. The number of hydrogen-bond donors (Lipinski definition) is 1. The number of hydrogen-bond acceptors (Lipinski definition) is 6. The molecule has 2 aromatic rings. The topological polar surface area (TPSA) is 84.4 Å². The molecule has 7 heteroatoms. The van der Waals surface area contributed by atoms with Crippen LogP contribution in [0.15, 0.2) is 36.4 Å². The van der Waals surface area contributed by atoms with Crippen LogP contribution < -0.4 is 10.2 Å². The van der Waals surface area contributed by atoms with E-state index in [1.807, 2.05) is 19.1 Å². The highest BCUT2D eigenvalue weighted by Crippen LogP contribution is 2.23. The predicted octanol–water partition coefficient (Wildman–Crippen LogP) is 2.82. The van der Waals surface area contributed by atoms with Gasteiger partial charge in [-0.05, 0) is 63.1 Å². The Morgan fingerprint density at radius 1 is 1.19 bits per heavy atom. The fourth-order valence-corrected chi connectivity index (χ4v) is 3.11. The van der Waals surface area contributed by atoms with E-state index in [4.69, 9.17) is 4.74 Å². The number of aryl methyl sites for hydroxylation is 1. The average Bonchev–Trinajstić information content (AvgIpc) is 2.69. The Morgan fingerprint density at radius 2 is 1.96 bits per heavy atom. The van der Waals surface area contributed by atoms with Gasteiger partial charge in [-0.15, -0.1) is 5.10 Å². The van der Waals surface area contributed by atoms with Gasteiger partial charge in [-0.1, -0.05) is 0 Å². The molecule has 1 unspecified atom stereocenters. The van der Waals surface area contributed by atoms with Crippen LogP contribution in [0.5, 0.6) is 0 Å². The Morgan fingerprint density at radius 3 is 2.63 bits per heavy atom. The number of aromatic nitrogens is 2. The minimum Gasteiger partial charge on any atom is -0.462 e. The van der Waals surface area contributed by atoms with Gasteiger partial charge in [0.15, 0.2) is 5.82 Å². The van der Waals surface area contributed by atoms with Gasteiger partial charge in [-0.2, -0.15) is 5.10 Å². The van der Waals surface area contributed by atoms with E-state index in [-0.39, 0.29) is 17.8 Å².